The van der Waals surface area contributed by atoms with Crippen molar-refractivity contribution in [3.05, 3.63) is 26.6 Å². The van der Waals surface area contributed by atoms with Crippen LogP contribution in [0.1, 0.15) is 45.1 Å². The molecule has 112 valence electrons. The zero-order chi connectivity index (χ0) is 14.5. The Morgan fingerprint density at radius 2 is 1.95 bits per heavy atom. The Labute approximate surface area is 138 Å². The Morgan fingerprint density at radius 3 is 2.55 bits per heavy atom. The third-order valence-corrected chi connectivity index (χ3v) is 5.06. The zero-order valence-electron chi connectivity index (χ0n) is 12.2. The molecule has 0 bridgehead atoms. The van der Waals surface area contributed by atoms with Crippen LogP contribution in [0.3, 0.4) is 0 Å². The van der Waals surface area contributed by atoms with Gasteiger partial charge in [0.2, 0.25) is 0 Å². The topological polar surface area (TPSA) is 21.3 Å². The summed E-state index contributed by atoms with van der Waals surface area (Å²) < 4.78 is 7.65. The molecule has 0 aliphatic heterocycles. The lowest BCUT2D eigenvalue weighted by atomic mass is 9.87. The molecule has 0 radical (unpaired) electrons. The van der Waals surface area contributed by atoms with Crippen LogP contribution in [0.4, 0.5) is 0 Å². The van der Waals surface area contributed by atoms with E-state index in [4.69, 9.17) is 4.74 Å². The van der Waals surface area contributed by atoms with Crippen molar-refractivity contribution in [2.45, 2.75) is 52.1 Å². The van der Waals surface area contributed by atoms with Crippen molar-refractivity contribution in [2.75, 3.05) is 6.61 Å². The van der Waals surface area contributed by atoms with Crippen LogP contribution in [-0.4, -0.2) is 12.6 Å². The number of rotatable bonds is 5. The normalized spacial score (nSPS) is 22.8. The average Bonchev–Trinajstić information content (AvgIpc) is 2.41. The monoisotopic (exact) mass is 403 g/mol. The van der Waals surface area contributed by atoms with Crippen LogP contribution in [0.25, 0.3) is 0 Å². The summed E-state index contributed by atoms with van der Waals surface area (Å²) in [5, 5.41) is 3.69. The summed E-state index contributed by atoms with van der Waals surface area (Å²) in [6, 6.07) is 4.96. The predicted octanol–water partition coefficient (Wildman–Crippen LogP) is 5.28. The molecular weight excluding hydrogens is 382 g/mol. The van der Waals surface area contributed by atoms with E-state index in [2.05, 4.69) is 56.2 Å². The zero-order valence-corrected chi connectivity index (χ0v) is 15.4. The highest BCUT2D eigenvalue weighted by Crippen LogP contribution is 2.35. The molecule has 2 atom stereocenters. The first-order valence-electron chi connectivity index (χ1n) is 7.44. The van der Waals surface area contributed by atoms with Crippen LogP contribution < -0.4 is 10.1 Å². The third-order valence-electron chi connectivity index (χ3n) is 3.88. The second-order valence-corrected chi connectivity index (χ2v) is 7.38. The van der Waals surface area contributed by atoms with Crippen LogP contribution in [0, 0.1) is 5.92 Å². The van der Waals surface area contributed by atoms with Crippen LogP contribution in [0.5, 0.6) is 5.75 Å². The van der Waals surface area contributed by atoms with Crippen molar-refractivity contribution < 1.29 is 4.74 Å². The highest BCUT2D eigenvalue weighted by atomic mass is 79.9. The lowest BCUT2D eigenvalue weighted by Crippen LogP contribution is -2.33. The van der Waals surface area contributed by atoms with Crippen LogP contribution in [0.2, 0.25) is 0 Å². The number of hydrogen-bond acceptors (Lipinski definition) is 2. The Morgan fingerprint density at radius 1 is 1.25 bits per heavy atom. The average molecular weight is 405 g/mol. The largest absolute Gasteiger partial charge is 0.492 e. The minimum absolute atomic E-state index is 0.669. The van der Waals surface area contributed by atoms with Gasteiger partial charge in [0.1, 0.15) is 5.75 Å². The molecule has 0 aromatic heterocycles. The van der Waals surface area contributed by atoms with E-state index in [-0.39, 0.29) is 0 Å². The molecule has 1 aliphatic carbocycles. The fraction of sp³-hybridized carbons (Fsp3) is 0.625. The summed E-state index contributed by atoms with van der Waals surface area (Å²) in [6.07, 6.45) is 5.36. The van der Waals surface area contributed by atoms with Crippen molar-refractivity contribution in [2.24, 2.45) is 5.92 Å². The molecule has 0 spiro atoms. The van der Waals surface area contributed by atoms with E-state index < -0.39 is 0 Å². The molecule has 2 nitrogen and oxygen atoms in total. The van der Waals surface area contributed by atoms with Crippen molar-refractivity contribution in [3.8, 4) is 5.75 Å². The summed E-state index contributed by atoms with van der Waals surface area (Å²) in [6.45, 7) is 5.95. The van der Waals surface area contributed by atoms with Gasteiger partial charge in [-0.25, -0.2) is 0 Å². The molecule has 20 heavy (non-hydrogen) atoms. The van der Waals surface area contributed by atoms with Gasteiger partial charge in [-0.05, 0) is 75.2 Å². The quantitative estimate of drug-likeness (QED) is 0.720. The van der Waals surface area contributed by atoms with E-state index >= 15 is 0 Å². The lowest BCUT2D eigenvalue weighted by molar-refractivity contribution is 0.300. The summed E-state index contributed by atoms with van der Waals surface area (Å²) >= 11 is 7.18. The maximum Gasteiger partial charge on any atom is 0.147 e. The number of ether oxygens (including phenoxy) is 1. The van der Waals surface area contributed by atoms with Gasteiger partial charge in [0.25, 0.3) is 0 Å². The maximum absolute atomic E-state index is 5.62. The van der Waals surface area contributed by atoms with E-state index in [0.717, 1.165) is 27.2 Å². The first kappa shape index (κ1) is 16.3. The van der Waals surface area contributed by atoms with Crippen molar-refractivity contribution in [1.29, 1.82) is 0 Å². The maximum atomic E-state index is 5.62. The molecule has 1 saturated carbocycles. The van der Waals surface area contributed by atoms with Gasteiger partial charge in [0.05, 0.1) is 15.6 Å². The molecule has 1 N–H and O–H groups in total. The van der Waals surface area contributed by atoms with Gasteiger partial charge < -0.3 is 10.1 Å². The smallest absolute Gasteiger partial charge is 0.147 e. The fourth-order valence-electron chi connectivity index (χ4n) is 2.88. The first-order chi connectivity index (χ1) is 9.60. The highest BCUT2D eigenvalue weighted by molar-refractivity contribution is 9.11. The summed E-state index contributed by atoms with van der Waals surface area (Å²) in [4.78, 5) is 0. The van der Waals surface area contributed by atoms with Crippen molar-refractivity contribution in [1.82, 2.24) is 5.32 Å². The third kappa shape index (κ3) is 4.47. The van der Waals surface area contributed by atoms with Gasteiger partial charge in [-0.3, -0.25) is 0 Å². The Bertz CT molecular complexity index is 427. The summed E-state index contributed by atoms with van der Waals surface area (Å²) in [5.41, 5.74) is 1.28. The second kappa shape index (κ2) is 7.81. The first-order valence-corrected chi connectivity index (χ1v) is 9.02. The van der Waals surface area contributed by atoms with Gasteiger partial charge in [0.15, 0.2) is 0 Å². The van der Waals surface area contributed by atoms with Crippen LogP contribution >= 0.6 is 31.9 Å². The molecule has 0 amide bonds. The molecule has 2 rings (SSSR count). The number of nitrogens with one attached hydrogen (secondary N) is 1. The molecule has 2 unspecified atom stereocenters. The lowest BCUT2D eigenvalue weighted by Gasteiger charge is -2.27. The van der Waals surface area contributed by atoms with Gasteiger partial charge >= 0.3 is 0 Å². The van der Waals surface area contributed by atoms with E-state index in [0.29, 0.717) is 12.6 Å². The van der Waals surface area contributed by atoms with Gasteiger partial charge in [-0.2, -0.15) is 0 Å². The molecule has 4 heteroatoms. The Hall–Kier alpha value is -0.0600. The fourth-order valence-corrected chi connectivity index (χ4v) is 4.39. The minimum atomic E-state index is 0.669. The standard InChI is InChI=1S/C16H23Br2NO/c1-3-20-16-14(17)8-12(9-15(16)18)10-19-13-6-4-5-11(2)7-13/h8-9,11,13,19H,3-7,10H2,1-2H3. The molecule has 1 aliphatic rings. The Kier molecular flexibility index (Phi) is 6.37. The number of halogens is 2. The second-order valence-electron chi connectivity index (χ2n) is 5.67. The van der Waals surface area contributed by atoms with Crippen LogP contribution in [-0.2, 0) is 6.54 Å². The van der Waals surface area contributed by atoms with Crippen molar-refractivity contribution >= 4 is 31.9 Å². The summed E-state index contributed by atoms with van der Waals surface area (Å²) in [5.74, 6) is 1.75. The molecule has 1 fully saturated rings. The highest BCUT2D eigenvalue weighted by Gasteiger charge is 2.18. The van der Waals surface area contributed by atoms with E-state index in [9.17, 15) is 0 Å². The van der Waals surface area contributed by atoms with Gasteiger partial charge in [-0.1, -0.05) is 19.8 Å². The van der Waals surface area contributed by atoms with Crippen LogP contribution in [0.15, 0.2) is 21.1 Å². The van der Waals surface area contributed by atoms with Gasteiger partial charge in [0, 0.05) is 12.6 Å². The predicted molar refractivity (Wildman–Crippen MR) is 91.3 cm³/mol. The van der Waals surface area contributed by atoms with Gasteiger partial charge in [-0.15, -0.1) is 0 Å². The molecular formula is C16H23Br2NO. The Balaban J connectivity index is 1.96. The van der Waals surface area contributed by atoms with E-state index in [1.165, 1.54) is 31.2 Å². The molecule has 1 aromatic carbocycles. The summed E-state index contributed by atoms with van der Waals surface area (Å²) in [7, 11) is 0. The molecule has 0 heterocycles. The minimum Gasteiger partial charge on any atom is -0.492 e. The molecule has 0 saturated heterocycles. The SMILES string of the molecule is CCOc1c(Br)cc(CNC2CCCC(C)C2)cc1Br. The number of benzene rings is 1. The van der Waals surface area contributed by atoms with Crippen molar-refractivity contribution in [3.63, 3.8) is 0 Å². The van der Waals surface area contributed by atoms with E-state index in [1.54, 1.807) is 0 Å². The van der Waals surface area contributed by atoms with E-state index in [1.807, 2.05) is 6.92 Å². The molecule has 1 aromatic rings. The number of hydrogen-bond donors (Lipinski definition) is 1.